The van der Waals surface area contributed by atoms with Crippen LogP contribution < -0.4 is 0 Å². The van der Waals surface area contributed by atoms with Crippen LogP contribution in [0.15, 0.2) is 18.2 Å². The Hall–Kier alpha value is -1.13. The molecule has 18 heavy (non-hydrogen) atoms. The molecule has 3 nitrogen and oxygen atoms in total. The van der Waals surface area contributed by atoms with E-state index in [2.05, 4.69) is 0 Å². The first-order valence-corrected chi connectivity index (χ1v) is 6.22. The van der Waals surface area contributed by atoms with Crippen molar-refractivity contribution < 1.29 is 13.9 Å². The highest BCUT2D eigenvalue weighted by Crippen LogP contribution is 2.30. The number of rotatable bonds is 5. The van der Waals surface area contributed by atoms with Crippen molar-refractivity contribution in [2.24, 2.45) is 0 Å². The van der Waals surface area contributed by atoms with E-state index in [4.69, 9.17) is 16.3 Å². The molecule has 98 valence electrons. The molecule has 0 bridgehead atoms. The fourth-order valence-corrected chi connectivity index (χ4v) is 2.09. The van der Waals surface area contributed by atoms with Crippen LogP contribution in [0.5, 0.6) is 0 Å². The maximum Gasteiger partial charge on any atom is 0.249 e. The average Bonchev–Trinajstić information content (AvgIpc) is 3.13. The van der Waals surface area contributed by atoms with E-state index in [-0.39, 0.29) is 30.9 Å². The highest BCUT2D eigenvalue weighted by atomic mass is 35.5. The Morgan fingerprint density at radius 2 is 2.28 bits per heavy atom. The van der Waals surface area contributed by atoms with Crippen molar-refractivity contribution in [1.29, 1.82) is 0 Å². The number of methoxy groups -OCH3 is 1. The third-order valence-electron chi connectivity index (χ3n) is 2.97. The van der Waals surface area contributed by atoms with E-state index >= 15 is 0 Å². The molecular weight excluding hydrogens is 257 g/mol. The Balaban J connectivity index is 2.16. The predicted octanol–water partition coefficient (Wildman–Crippen LogP) is 2.62. The highest BCUT2D eigenvalue weighted by molar-refractivity contribution is 6.31. The Kier molecular flexibility index (Phi) is 4.19. The summed E-state index contributed by atoms with van der Waals surface area (Å²) >= 11 is 5.97. The number of carbonyl (C=O) groups excluding carboxylic acids is 1. The molecule has 0 atom stereocenters. The third kappa shape index (κ3) is 3.00. The fourth-order valence-electron chi connectivity index (χ4n) is 1.87. The molecule has 1 fully saturated rings. The number of carbonyl (C=O) groups is 1. The summed E-state index contributed by atoms with van der Waals surface area (Å²) in [5, 5.41) is 0.353. The van der Waals surface area contributed by atoms with Crippen LogP contribution >= 0.6 is 11.6 Å². The summed E-state index contributed by atoms with van der Waals surface area (Å²) in [4.78, 5) is 13.5. The lowest BCUT2D eigenvalue weighted by atomic mass is 10.2. The number of ether oxygens (including phenoxy) is 1. The van der Waals surface area contributed by atoms with Gasteiger partial charge in [-0.05, 0) is 25.0 Å². The maximum atomic E-state index is 13.7. The molecule has 5 heteroatoms. The second-order valence-corrected chi connectivity index (χ2v) is 4.79. The zero-order chi connectivity index (χ0) is 13.1. The number of hydrogen-bond acceptors (Lipinski definition) is 2. The number of benzene rings is 1. The first-order valence-electron chi connectivity index (χ1n) is 5.84. The number of hydrogen-bond donors (Lipinski definition) is 0. The van der Waals surface area contributed by atoms with Crippen molar-refractivity contribution in [3.05, 3.63) is 34.6 Å². The van der Waals surface area contributed by atoms with Gasteiger partial charge in [0.15, 0.2) is 0 Å². The van der Waals surface area contributed by atoms with E-state index in [0.29, 0.717) is 10.6 Å². The third-order valence-corrected chi connectivity index (χ3v) is 3.32. The molecule has 0 aromatic heterocycles. The molecule has 0 unspecified atom stereocenters. The Bertz CT molecular complexity index is 428. The van der Waals surface area contributed by atoms with Crippen molar-refractivity contribution >= 4 is 17.5 Å². The number of nitrogens with zero attached hydrogens (tertiary/aromatic N) is 1. The summed E-state index contributed by atoms with van der Waals surface area (Å²) in [7, 11) is 1.47. The number of amides is 1. The van der Waals surface area contributed by atoms with E-state index in [1.807, 2.05) is 0 Å². The van der Waals surface area contributed by atoms with Gasteiger partial charge < -0.3 is 9.64 Å². The minimum atomic E-state index is -0.377. The van der Waals surface area contributed by atoms with Gasteiger partial charge in [0, 0.05) is 23.7 Å². The summed E-state index contributed by atoms with van der Waals surface area (Å²) in [5.74, 6) is -0.502. The van der Waals surface area contributed by atoms with Gasteiger partial charge in [-0.3, -0.25) is 4.79 Å². The van der Waals surface area contributed by atoms with Gasteiger partial charge >= 0.3 is 0 Å². The van der Waals surface area contributed by atoms with Crippen LogP contribution in [0.4, 0.5) is 4.39 Å². The van der Waals surface area contributed by atoms with Crippen LogP contribution in [-0.4, -0.2) is 30.6 Å². The standard InChI is InChI=1S/C13H15ClFNO2/c1-18-8-13(17)16(9-5-6-9)7-10-11(14)3-2-4-12(10)15/h2-4,9H,5-8H2,1H3. The summed E-state index contributed by atoms with van der Waals surface area (Å²) in [6, 6.07) is 4.74. The molecule has 0 radical (unpaired) electrons. The van der Waals surface area contributed by atoms with Gasteiger partial charge in [0.2, 0.25) is 5.91 Å². The van der Waals surface area contributed by atoms with Gasteiger partial charge in [-0.25, -0.2) is 4.39 Å². The molecule has 1 aliphatic carbocycles. The van der Waals surface area contributed by atoms with E-state index in [1.54, 1.807) is 17.0 Å². The van der Waals surface area contributed by atoms with E-state index in [9.17, 15) is 9.18 Å². The molecule has 1 aromatic rings. The van der Waals surface area contributed by atoms with Gasteiger partial charge in [-0.15, -0.1) is 0 Å². The molecule has 1 amide bonds. The van der Waals surface area contributed by atoms with Crippen molar-refractivity contribution in [1.82, 2.24) is 4.90 Å². The largest absolute Gasteiger partial charge is 0.375 e. The van der Waals surface area contributed by atoms with Crippen LogP contribution in [0.3, 0.4) is 0 Å². The minimum Gasteiger partial charge on any atom is -0.375 e. The SMILES string of the molecule is COCC(=O)N(Cc1c(F)cccc1Cl)C1CC1. The molecule has 0 saturated heterocycles. The van der Waals surface area contributed by atoms with Gasteiger partial charge in [0.1, 0.15) is 12.4 Å². The normalized spacial score (nSPS) is 14.6. The van der Waals surface area contributed by atoms with E-state index < -0.39 is 0 Å². The summed E-state index contributed by atoms with van der Waals surface area (Å²) in [6.07, 6.45) is 1.92. The lowest BCUT2D eigenvalue weighted by Crippen LogP contribution is -2.35. The molecule has 1 saturated carbocycles. The second-order valence-electron chi connectivity index (χ2n) is 4.39. The Morgan fingerprint density at radius 1 is 1.56 bits per heavy atom. The van der Waals surface area contributed by atoms with E-state index in [0.717, 1.165) is 12.8 Å². The average molecular weight is 272 g/mol. The predicted molar refractivity (Wildman–Crippen MR) is 66.9 cm³/mol. The van der Waals surface area contributed by atoms with Crippen molar-refractivity contribution in [3.8, 4) is 0 Å². The van der Waals surface area contributed by atoms with Crippen LogP contribution in [0.2, 0.25) is 5.02 Å². The van der Waals surface area contributed by atoms with E-state index in [1.165, 1.54) is 13.2 Å². The van der Waals surface area contributed by atoms with Gasteiger partial charge in [0.25, 0.3) is 0 Å². The number of halogens is 2. The monoisotopic (exact) mass is 271 g/mol. The fraction of sp³-hybridized carbons (Fsp3) is 0.462. The lowest BCUT2D eigenvalue weighted by Gasteiger charge is -2.23. The van der Waals surface area contributed by atoms with Crippen LogP contribution in [0.1, 0.15) is 18.4 Å². The van der Waals surface area contributed by atoms with Gasteiger partial charge in [-0.1, -0.05) is 17.7 Å². The second kappa shape index (κ2) is 5.67. The minimum absolute atomic E-state index is 0.0164. The summed E-state index contributed by atoms with van der Waals surface area (Å²) < 4.78 is 18.5. The molecule has 2 rings (SSSR count). The van der Waals surface area contributed by atoms with Crippen molar-refractivity contribution in [2.75, 3.05) is 13.7 Å². The lowest BCUT2D eigenvalue weighted by molar-refractivity contribution is -0.136. The first-order chi connectivity index (χ1) is 8.63. The molecule has 0 spiro atoms. The smallest absolute Gasteiger partial charge is 0.249 e. The maximum absolute atomic E-state index is 13.7. The van der Waals surface area contributed by atoms with Crippen molar-refractivity contribution in [3.63, 3.8) is 0 Å². The summed E-state index contributed by atoms with van der Waals surface area (Å²) in [6.45, 7) is 0.223. The van der Waals surface area contributed by atoms with Gasteiger partial charge in [0.05, 0.1) is 6.54 Å². The van der Waals surface area contributed by atoms with Gasteiger partial charge in [-0.2, -0.15) is 0 Å². The zero-order valence-electron chi connectivity index (χ0n) is 10.2. The van der Waals surface area contributed by atoms with Crippen LogP contribution in [0.25, 0.3) is 0 Å². The van der Waals surface area contributed by atoms with Crippen LogP contribution in [-0.2, 0) is 16.1 Å². The molecule has 1 aliphatic rings. The zero-order valence-corrected chi connectivity index (χ0v) is 10.9. The summed E-state index contributed by atoms with van der Waals surface area (Å²) in [5.41, 5.74) is 0.371. The topological polar surface area (TPSA) is 29.5 Å². The molecule has 0 N–H and O–H groups in total. The van der Waals surface area contributed by atoms with Crippen LogP contribution in [0, 0.1) is 5.82 Å². The first kappa shape index (κ1) is 13.3. The molecule has 1 aromatic carbocycles. The Morgan fingerprint density at radius 3 is 2.83 bits per heavy atom. The van der Waals surface area contributed by atoms with Crippen molar-refractivity contribution in [2.45, 2.75) is 25.4 Å². The Labute approximate surface area is 110 Å². The molecule has 0 heterocycles. The highest BCUT2D eigenvalue weighted by Gasteiger charge is 2.33. The quantitative estimate of drug-likeness (QED) is 0.824. The molecular formula is C13H15ClFNO2. The molecule has 0 aliphatic heterocycles.